The van der Waals surface area contributed by atoms with Crippen molar-refractivity contribution in [3.63, 3.8) is 0 Å². The van der Waals surface area contributed by atoms with Gasteiger partial charge in [0.1, 0.15) is 23.7 Å². The Morgan fingerprint density at radius 3 is 2.65 bits per heavy atom. The average Bonchev–Trinajstić information content (AvgIpc) is 2.45. The number of rotatable bonds is 3. The second kappa shape index (κ2) is 5.76. The summed E-state index contributed by atoms with van der Waals surface area (Å²) in [5.74, 6) is -1.23. The van der Waals surface area contributed by atoms with Gasteiger partial charge in [0.15, 0.2) is 0 Å². The first-order chi connectivity index (χ1) is 9.61. The molecule has 0 aliphatic heterocycles. The summed E-state index contributed by atoms with van der Waals surface area (Å²) in [6, 6.07) is 12.4. The molecule has 20 heavy (non-hydrogen) atoms. The SMILES string of the molecule is N#Cc1ccccc1COC(=O)c1ccc(O)cc1O. The minimum absolute atomic E-state index is 0.0442. The van der Waals surface area contributed by atoms with Crippen LogP contribution in [0.5, 0.6) is 11.5 Å². The van der Waals surface area contributed by atoms with E-state index in [-0.39, 0.29) is 23.7 Å². The molecule has 0 unspecified atom stereocenters. The van der Waals surface area contributed by atoms with Crippen molar-refractivity contribution >= 4 is 5.97 Å². The third-order valence-corrected chi connectivity index (χ3v) is 2.70. The predicted octanol–water partition coefficient (Wildman–Crippen LogP) is 2.33. The summed E-state index contributed by atoms with van der Waals surface area (Å²) in [5.41, 5.74) is 0.967. The molecular weight excluding hydrogens is 258 g/mol. The molecule has 0 heterocycles. The lowest BCUT2D eigenvalue weighted by molar-refractivity contribution is 0.0469. The number of carbonyl (C=O) groups is 1. The van der Waals surface area contributed by atoms with Crippen molar-refractivity contribution in [3.05, 3.63) is 59.2 Å². The quantitative estimate of drug-likeness (QED) is 0.834. The Kier molecular flexibility index (Phi) is 3.87. The summed E-state index contributed by atoms with van der Waals surface area (Å²) >= 11 is 0. The molecule has 0 fully saturated rings. The van der Waals surface area contributed by atoms with Crippen molar-refractivity contribution in [2.45, 2.75) is 6.61 Å². The van der Waals surface area contributed by atoms with Gasteiger partial charge in [-0.05, 0) is 18.2 Å². The van der Waals surface area contributed by atoms with Gasteiger partial charge in [0.25, 0.3) is 0 Å². The van der Waals surface area contributed by atoms with Crippen LogP contribution in [-0.4, -0.2) is 16.2 Å². The maximum atomic E-state index is 11.8. The molecule has 0 radical (unpaired) electrons. The van der Waals surface area contributed by atoms with E-state index in [4.69, 9.17) is 15.1 Å². The highest BCUT2D eigenvalue weighted by atomic mass is 16.5. The van der Waals surface area contributed by atoms with Gasteiger partial charge in [-0.2, -0.15) is 5.26 Å². The van der Waals surface area contributed by atoms with Crippen LogP contribution in [0.4, 0.5) is 0 Å². The fourth-order valence-electron chi connectivity index (χ4n) is 1.67. The second-order valence-corrected chi connectivity index (χ2v) is 4.05. The smallest absolute Gasteiger partial charge is 0.342 e. The summed E-state index contributed by atoms with van der Waals surface area (Å²) in [7, 11) is 0. The van der Waals surface area contributed by atoms with Gasteiger partial charge >= 0.3 is 5.97 Å². The number of benzene rings is 2. The predicted molar refractivity (Wildman–Crippen MR) is 70.0 cm³/mol. The van der Waals surface area contributed by atoms with Crippen LogP contribution < -0.4 is 0 Å². The van der Waals surface area contributed by atoms with E-state index in [2.05, 4.69) is 0 Å². The van der Waals surface area contributed by atoms with E-state index in [1.54, 1.807) is 24.3 Å². The number of carbonyl (C=O) groups excluding carboxylic acids is 1. The number of esters is 1. The topological polar surface area (TPSA) is 90.5 Å². The largest absolute Gasteiger partial charge is 0.508 e. The Morgan fingerprint density at radius 1 is 1.20 bits per heavy atom. The molecule has 2 aromatic rings. The molecule has 0 saturated carbocycles. The van der Waals surface area contributed by atoms with E-state index < -0.39 is 5.97 Å². The van der Waals surface area contributed by atoms with Crippen LogP contribution >= 0.6 is 0 Å². The molecule has 100 valence electrons. The van der Waals surface area contributed by atoms with Crippen molar-refractivity contribution in [1.29, 1.82) is 5.26 Å². The van der Waals surface area contributed by atoms with Gasteiger partial charge < -0.3 is 14.9 Å². The molecule has 0 spiro atoms. The molecule has 2 rings (SSSR count). The molecule has 0 amide bonds. The number of hydrogen-bond donors (Lipinski definition) is 2. The number of nitrogens with zero attached hydrogens (tertiary/aromatic N) is 1. The van der Waals surface area contributed by atoms with Crippen molar-refractivity contribution in [2.75, 3.05) is 0 Å². The molecule has 0 aromatic heterocycles. The van der Waals surface area contributed by atoms with E-state index in [0.717, 1.165) is 6.07 Å². The Labute approximate surface area is 115 Å². The minimum Gasteiger partial charge on any atom is -0.508 e. The molecule has 0 aliphatic carbocycles. The van der Waals surface area contributed by atoms with E-state index >= 15 is 0 Å². The summed E-state index contributed by atoms with van der Waals surface area (Å²) < 4.78 is 5.05. The van der Waals surface area contributed by atoms with Gasteiger partial charge in [0.05, 0.1) is 11.6 Å². The number of nitriles is 1. The van der Waals surface area contributed by atoms with Gasteiger partial charge in [0.2, 0.25) is 0 Å². The van der Waals surface area contributed by atoms with Gasteiger partial charge in [-0.1, -0.05) is 18.2 Å². The lowest BCUT2D eigenvalue weighted by Gasteiger charge is -2.07. The first-order valence-electron chi connectivity index (χ1n) is 5.79. The maximum Gasteiger partial charge on any atom is 0.342 e. The number of ether oxygens (including phenoxy) is 1. The van der Waals surface area contributed by atoms with E-state index in [0.29, 0.717) is 11.1 Å². The number of hydrogen-bond acceptors (Lipinski definition) is 5. The fourth-order valence-corrected chi connectivity index (χ4v) is 1.67. The second-order valence-electron chi connectivity index (χ2n) is 4.05. The Morgan fingerprint density at radius 2 is 1.95 bits per heavy atom. The van der Waals surface area contributed by atoms with E-state index in [1.807, 2.05) is 6.07 Å². The molecule has 2 N–H and O–H groups in total. The highest BCUT2D eigenvalue weighted by molar-refractivity contribution is 5.92. The Bertz CT molecular complexity index is 689. The van der Waals surface area contributed by atoms with E-state index in [1.165, 1.54) is 12.1 Å². The van der Waals surface area contributed by atoms with Crippen LogP contribution in [0.15, 0.2) is 42.5 Å². The Balaban J connectivity index is 2.11. The van der Waals surface area contributed by atoms with Gasteiger partial charge in [-0.3, -0.25) is 0 Å². The average molecular weight is 269 g/mol. The molecule has 0 aliphatic rings. The molecule has 0 atom stereocenters. The van der Waals surface area contributed by atoms with Crippen LogP contribution in [-0.2, 0) is 11.3 Å². The highest BCUT2D eigenvalue weighted by Crippen LogP contribution is 2.23. The molecule has 0 saturated heterocycles. The molecule has 2 aromatic carbocycles. The van der Waals surface area contributed by atoms with Crippen molar-refractivity contribution < 1.29 is 19.7 Å². The lowest BCUT2D eigenvalue weighted by Crippen LogP contribution is -2.06. The zero-order valence-electron chi connectivity index (χ0n) is 10.4. The van der Waals surface area contributed by atoms with Gasteiger partial charge in [-0.15, -0.1) is 0 Å². The van der Waals surface area contributed by atoms with Gasteiger partial charge in [0, 0.05) is 11.6 Å². The monoisotopic (exact) mass is 269 g/mol. The summed E-state index contributed by atoms with van der Waals surface area (Å²) in [6.45, 7) is -0.0666. The molecule has 5 nitrogen and oxygen atoms in total. The Hall–Kier alpha value is -3.00. The van der Waals surface area contributed by atoms with Crippen LogP contribution in [0.25, 0.3) is 0 Å². The number of phenolic OH excluding ortho intramolecular Hbond substituents is 2. The maximum absolute atomic E-state index is 11.8. The fraction of sp³-hybridized carbons (Fsp3) is 0.0667. The summed E-state index contributed by atoms with van der Waals surface area (Å²) in [5, 5.41) is 27.6. The molecular formula is C15H11NO4. The lowest BCUT2D eigenvalue weighted by atomic mass is 10.1. The third-order valence-electron chi connectivity index (χ3n) is 2.70. The van der Waals surface area contributed by atoms with Crippen LogP contribution in [0, 0.1) is 11.3 Å². The third kappa shape index (κ3) is 2.87. The first kappa shape index (κ1) is 13.4. The van der Waals surface area contributed by atoms with Crippen LogP contribution in [0.1, 0.15) is 21.5 Å². The van der Waals surface area contributed by atoms with Gasteiger partial charge in [-0.25, -0.2) is 4.79 Å². The van der Waals surface area contributed by atoms with Crippen LogP contribution in [0.3, 0.4) is 0 Å². The zero-order valence-corrected chi connectivity index (χ0v) is 10.4. The first-order valence-corrected chi connectivity index (χ1v) is 5.79. The van der Waals surface area contributed by atoms with Crippen molar-refractivity contribution in [1.82, 2.24) is 0 Å². The van der Waals surface area contributed by atoms with Crippen molar-refractivity contribution in [2.24, 2.45) is 0 Å². The normalized spacial score (nSPS) is 9.75. The zero-order chi connectivity index (χ0) is 14.5. The van der Waals surface area contributed by atoms with Crippen molar-refractivity contribution in [3.8, 4) is 17.6 Å². The number of aromatic hydroxyl groups is 2. The van der Waals surface area contributed by atoms with E-state index in [9.17, 15) is 9.90 Å². The summed E-state index contributed by atoms with van der Waals surface area (Å²) in [6.07, 6.45) is 0. The molecule has 0 bridgehead atoms. The van der Waals surface area contributed by atoms with Crippen LogP contribution in [0.2, 0.25) is 0 Å². The highest BCUT2D eigenvalue weighted by Gasteiger charge is 2.14. The standard InChI is InChI=1S/C15H11NO4/c16-8-10-3-1-2-4-11(10)9-20-15(19)13-6-5-12(17)7-14(13)18/h1-7,17-18H,9H2. The number of phenols is 2. The minimum atomic E-state index is -0.727. The molecule has 5 heteroatoms. The summed E-state index contributed by atoms with van der Waals surface area (Å²) in [4.78, 5) is 11.8.